The van der Waals surface area contributed by atoms with Crippen molar-refractivity contribution in [2.45, 2.75) is 36.0 Å². The van der Waals surface area contributed by atoms with Gasteiger partial charge in [0.2, 0.25) is 0 Å². The van der Waals surface area contributed by atoms with E-state index in [1.54, 1.807) is 23.5 Å². The molecule has 1 atom stereocenters. The smallest absolute Gasteiger partial charge is 0.321 e. The van der Waals surface area contributed by atoms with Gasteiger partial charge in [-0.25, -0.2) is 4.98 Å². The highest BCUT2D eigenvalue weighted by Gasteiger charge is 2.28. The molecule has 0 bridgehead atoms. The van der Waals surface area contributed by atoms with Gasteiger partial charge >= 0.3 is 5.97 Å². The molecule has 1 aromatic carbocycles. The summed E-state index contributed by atoms with van der Waals surface area (Å²) in [5.74, 6) is -0.933. The minimum atomic E-state index is -0.933. The Morgan fingerprint density at radius 3 is 2.64 bits per heavy atom. The largest absolute Gasteiger partial charge is 0.480 e. The predicted octanol–water partition coefficient (Wildman–Crippen LogP) is 5.48. The molecular weight excluding hydrogens is 388 g/mol. The number of carbonyl (C=O) groups is 1. The number of nitriles is 1. The molecule has 0 saturated carbocycles. The minimum Gasteiger partial charge on any atom is -0.480 e. The molecule has 2 aromatic heterocycles. The number of carboxylic acids is 1. The van der Waals surface area contributed by atoms with Crippen molar-refractivity contribution in [2.75, 3.05) is 0 Å². The number of thioether (sulfide) groups is 1. The SMILES string of the molecule is N#Cc1c(S[C@@H](C(=O)O)c2ccccc2)nc2c(c1-c1cccs1)CCCC2. The number of aliphatic carboxylic acids is 1. The third kappa shape index (κ3) is 3.56. The predicted molar refractivity (Wildman–Crippen MR) is 112 cm³/mol. The zero-order valence-corrected chi connectivity index (χ0v) is 16.7. The maximum absolute atomic E-state index is 12.0. The number of aryl methyl sites for hydroxylation is 1. The second kappa shape index (κ2) is 8.17. The average Bonchev–Trinajstić information content (AvgIpc) is 3.25. The third-order valence-electron chi connectivity index (χ3n) is 4.88. The average molecular weight is 407 g/mol. The fourth-order valence-electron chi connectivity index (χ4n) is 3.60. The van der Waals surface area contributed by atoms with E-state index in [9.17, 15) is 15.2 Å². The van der Waals surface area contributed by atoms with E-state index >= 15 is 0 Å². The van der Waals surface area contributed by atoms with Crippen molar-refractivity contribution in [3.63, 3.8) is 0 Å². The van der Waals surface area contributed by atoms with Crippen molar-refractivity contribution in [1.82, 2.24) is 4.98 Å². The summed E-state index contributed by atoms with van der Waals surface area (Å²) < 4.78 is 0. The summed E-state index contributed by atoms with van der Waals surface area (Å²) >= 11 is 2.76. The van der Waals surface area contributed by atoms with Gasteiger partial charge in [-0.15, -0.1) is 11.3 Å². The van der Waals surface area contributed by atoms with Gasteiger partial charge in [0, 0.05) is 16.1 Å². The van der Waals surface area contributed by atoms with Crippen LogP contribution in [0.1, 0.15) is 40.5 Å². The van der Waals surface area contributed by atoms with Gasteiger partial charge in [0.05, 0.1) is 5.56 Å². The van der Waals surface area contributed by atoms with Gasteiger partial charge in [0.15, 0.2) is 0 Å². The van der Waals surface area contributed by atoms with E-state index < -0.39 is 11.2 Å². The van der Waals surface area contributed by atoms with Crippen molar-refractivity contribution in [2.24, 2.45) is 0 Å². The van der Waals surface area contributed by atoms with Crippen LogP contribution in [-0.4, -0.2) is 16.1 Å². The summed E-state index contributed by atoms with van der Waals surface area (Å²) in [5, 5.41) is 21.5. The first-order valence-electron chi connectivity index (χ1n) is 9.13. The molecular formula is C22H18N2O2S2. The van der Waals surface area contributed by atoms with Gasteiger partial charge in [0.25, 0.3) is 0 Å². The zero-order valence-electron chi connectivity index (χ0n) is 15.1. The van der Waals surface area contributed by atoms with Crippen molar-refractivity contribution in [1.29, 1.82) is 5.26 Å². The van der Waals surface area contributed by atoms with Crippen molar-refractivity contribution < 1.29 is 9.90 Å². The molecule has 0 unspecified atom stereocenters. The van der Waals surface area contributed by atoms with Crippen LogP contribution in [0.25, 0.3) is 10.4 Å². The van der Waals surface area contributed by atoms with E-state index in [2.05, 4.69) is 6.07 Å². The fourth-order valence-corrected chi connectivity index (χ4v) is 5.45. The summed E-state index contributed by atoms with van der Waals surface area (Å²) in [6, 6.07) is 15.5. The Balaban J connectivity index is 1.86. The Morgan fingerprint density at radius 1 is 1.18 bits per heavy atom. The normalized spacial score (nSPS) is 14.1. The number of nitrogens with zero attached hydrogens (tertiary/aromatic N) is 2. The topological polar surface area (TPSA) is 74.0 Å². The number of rotatable bonds is 5. The number of hydrogen-bond donors (Lipinski definition) is 1. The zero-order chi connectivity index (χ0) is 19.5. The highest BCUT2D eigenvalue weighted by atomic mass is 32.2. The van der Waals surface area contributed by atoms with E-state index in [0.29, 0.717) is 16.2 Å². The molecule has 3 aromatic rings. The molecule has 4 rings (SSSR count). The molecule has 0 aliphatic heterocycles. The number of thiophene rings is 1. The minimum absolute atomic E-state index is 0.496. The quantitative estimate of drug-likeness (QED) is 0.568. The van der Waals surface area contributed by atoms with E-state index in [-0.39, 0.29) is 0 Å². The highest BCUT2D eigenvalue weighted by molar-refractivity contribution is 8.00. The molecule has 0 radical (unpaired) electrons. The molecule has 4 nitrogen and oxygen atoms in total. The van der Waals surface area contributed by atoms with Crippen LogP contribution >= 0.6 is 23.1 Å². The molecule has 28 heavy (non-hydrogen) atoms. The molecule has 0 amide bonds. The van der Waals surface area contributed by atoms with Crippen LogP contribution < -0.4 is 0 Å². The van der Waals surface area contributed by atoms with Crippen LogP contribution in [0.3, 0.4) is 0 Å². The van der Waals surface area contributed by atoms with Crippen LogP contribution in [0.4, 0.5) is 0 Å². The maximum atomic E-state index is 12.0. The van der Waals surface area contributed by atoms with E-state index in [1.807, 2.05) is 35.7 Å². The Hall–Kier alpha value is -2.62. The molecule has 0 fully saturated rings. The number of fused-ring (bicyclic) bond motifs is 1. The number of benzene rings is 1. The molecule has 0 spiro atoms. The second-order valence-electron chi connectivity index (χ2n) is 6.64. The Labute approximate surface area is 171 Å². The van der Waals surface area contributed by atoms with Gasteiger partial charge in [-0.2, -0.15) is 5.26 Å². The lowest BCUT2D eigenvalue weighted by molar-refractivity contribution is -0.136. The van der Waals surface area contributed by atoms with Gasteiger partial charge in [-0.1, -0.05) is 48.2 Å². The Morgan fingerprint density at radius 2 is 1.96 bits per heavy atom. The molecule has 140 valence electrons. The van der Waals surface area contributed by atoms with E-state index in [0.717, 1.165) is 59.1 Å². The number of aromatic nitrogens is 1. The summed E-state index contributed by atoms with van der Waals surface area (Å²) in [4.78, 5) is 17.8. The monoisotopic (exact) mass is 406 g/mol. The first-order valence-corrected chi connectivity index (χ1v) is 10.9. The van der Waals surface area contributed by atoms with Crippen molar-refractivity contribution in [3.8, 4) is 16.5 Å². The van der Waals surface area contributed by atoms with Gasteiger partial charge in [-0.05, 0) is 48.3 Å². The molecule has 1 aliphatic carbocycles. The molecule has 2 heterocycles. The Kier molecular flexibility index (Phi) is 5.47. The highest BCUT2D eigenvalue weighted by Crippen LogP contribution is 2.43. The van der Waals surface area contributed by atoms with Gasteiger partial charge in [-0.3, -0.25) is 4.79 Å². The summed E-state index contributed by atoms with van der Waals surface area (Å²) in [6.07, 6.45) is 3.94. The summed E-state index contributed by atoms with van der Waals surface area (Å²) in [6.45, 7) is 0. The fraction of sp³-hybridized carbons (Fsp3) is 0.227. The second-order valence-corrected chi connectivity index (χ2v) is 8.68. The molecule has 6 heteroatoms. The summed E-state index contributed by atoms with van der Waals surface area (Å²) in [5.41, 5.74) is 4.30. The lowest BCUT2D eigenvalue weighted by Crippen LogP contribution is -2.12. The van der Waals surface area contributed by atoms with Gasteiger partial charge < -0.3 is 5.11 Å². The van der Waals surface area contributed by atoms with Gasteiger partial charge in [0.1, 0.15) is 16.3 Å². The molecule has 1 N–H and O–H groups in total. The van der Waals surface area contributed by atoms with Crippen LogP contribution in [0.2, 0.25) is 0 Å². The Bertz CT molecular complexity index is 1040. The summed E-state index contributed by atoms with van der Waals surface area (Å²) in [7, 11) is 0. The van der Waals surface area contributed by atoms with Crippen molar-refractivity contribution >= 4 is 29.1 Å². The van der Waals surface area contributed by atoms with Crippen LogP contribution in [0.5, 0.6) is 0 Å². The lowest BCUT2D eigenvalue weighted by atomic mass is 9.89. The third-order valence-corrected chi connectivity index (χ3v) is 6.99. The number of pyridine rings is 1. The van der Waals surface area contributed by atoms with Crippen LogP contribution in [-0.2, 0) is 17.6 Å². The first kappa shape index (κ1) is 18.7. The van der Waals surface area contributed by atoms with E-state index in [1.165, 1.54) is 0 Å². The first-order chi connectivity index (χ1) is 13.7. The number of hydrogen-bond acceptors (Lipinski definition) is 5. The van der Waals surface area contributed by atoms with E-state index in [4.69, 9.17) is 4.98 Å². The van der Waals surface area contributed by atoms with Crippen LogP contribution in [0, 0.1) is 11.3 Å². The lowest BCUT2D eigenvalue weighted by Gasteiger charge is -2.22. The molecule has 0 saturated heterocycles. The molecule has 1 aliphatic rings. The standard InChI is InChI=1S/C22H18N2O2S2/c23-13-16-19(18-11-6-12-27-18)15-9-4-5-10-17(15)24-21(16)28-20(22(25)26)14-7-2-1-3-8-14/h1-3,6-8,11-12,20H,4-5,9-10H2,(H,25,26)/t20-/m1/s1. The number of carboxylic acid groups (broad SMARTS) is 1. The van der Waals surface area contributed by atoms with Crippen LogP contribution in [0.15, 0.2) is 52.9 Å². The maximum Gasteiger partial charge on any atom is 0.321 e. The van der Waals surface area contributed by atoms with Crippen molar-refractivity contribution in [3.05, 3.63) is 70.2 Å².